The Bertz CT molecular complexity index is 814. The maximum atomic E-state index is 12.8. The molecule has 0 atom stereocenters. The Kier molecular flexibility index (Phi) is 5.67. The molecule has 1 aromatic carbocycles. The first-order chi connectivity index (χ1) is 13.3. The molecule has 0 bridgehead atoms. The summed E-state index contributed by atoms with van der Waals surface area (Å²) < 4.78 is 5.23. The molecule has 2 aliphatic rings. The van der Waals surface area contributed by atoms with Gasteiger partial charge in [-0.3, -0.25) is 24.1 Å². The van der Waals surface area contributed by atoms with Gasteiger partial charge in [-0.1, -0.05) is 19.3 Å². The van der Waals surface area contributed by atoms with Crippen LogP contribution in [0.5, 0.6) is 5.75 Å². The summed E-state index contributed by atoms with van der Waals surface area (Å²) in [5.74, 6) is -0.848. The van der Waals surface area contributed by atoms with Gasteiger partial charge in [-0.15, -0.1) is 0 Å². The Morgan fingerprint density at radius 3 is 2.50 bits per heavy atom. The molecule has 0 aromatic heterocycles. The number of ether oxygens (including phenoxy) is 1. The van der Waals surface area contributed by atoms with Gasteiger partial charge in [0.2, 0.25) is 23.6 Å². The van der Waals surface area contributed by atoms with Crippen molar-refractivity contribution < 1.29 is 23.9 Å². The van der Waals surface area contributed by atoms with Crippen LogP contribution in [0.4, 0.5) is 11.4 Å². The van der Waals surface area contributed by atoms with E-state index in [1.54, 1.807) is 18.2 Å². The maximum Gasteiger partial charge on any atom is 0.244 e. The third-order valence-electron chi connectivity index (χ3n) is 5.40. The van der Waals surface area contributed by atoms with Gasteiger partial charge in [-0.2, -0.15) is 0 Å². The number of carbonyl (C=O) groups excluding carboxylic acids is 4. The minimum Gasteiger partial charge on any atom is -0.495 e. The fourth-order valence-electron chi connectivity index (χ4n) is 4.06. The molecule has 1 spiro atoms. The molecular formula is C20H25N3O5. The van der Waals surface area contributed by atoms with Crippen molar-refractivity contribution in [2.45, 2.75) is 45.4 Å². The van der Waals surface area contributed by atoms with E-state index >= 15 is 0 Å². The molecule has 0 radical (unpaired) electrons. The number of rotatable bonds is 5. The van der Waals surface area contributed by atoms with Crippen molar-refractivity contribution >= 4 is 35.0 Å². The molecule has 8 heteroatoms. The zero-order chi connectivity index (χ0) is 20.3. The lowest BCUT2D eigenvalue weighted by atomic mass is 9.73. The van der Waals surface area contributed by atoms with Gasteiger partial charge in [-0.25, -0.2) is 0 Å². The highest BCUT2D eigenvalue weighted by molar-refractivity contribution is 6.09. The highest BCUT2D eigenvalue weighted by Gasteiger charge is 2.51. The van der Waals surface area contributed by atoms with Crippen molar-refractivity contribution in [2.24, 2.45) is 5.41 Å². The number of hydrogen-bond donors (Lipinski definition) is 2. The predicted octanol–water partition coefficient (Wildman–Crippen LogP) is 2.30. The number of amides is 4. The van der Waals surface area contributed by atoms with E-state index in [2.05, 4.69) is 10.6 Å². The third-order valence-corrected chi connectivity index (χ3v) is 5.40. The second-order valence-electron chi connectivity index (χ2n) is 7.45. The van der Waals surface area contributed by atoms with Crippen LogP contribution in [0.2, 0.25) is 0 Å². The van der Waals surface area contributed by atoms with E-state index in [-0.39, 0.29) is 30.7 Å². The first-order valence-electron chi connectivity index (χ1n) is 9.45. The van der Waals surface area contributed by atoms with Crippen LogP contribution in [0.3, 0.4) is 0 Å². The molecule has 1 saturated heterocycles. The zero-order valence-electron chi connectivity index (χ0n) is 16.2. The standard InChI is InChI=1S/C20H25N3O5/c1-13(24)21-14-6-7-16(28-2)15(10-14)22-17(25)12-23-18(26)11-20(19(23)27)8-4-3-5-9-20/h6-7,10H,3-5,8-9,11-12H2,1-2H3,(H,21,24)(H,22,25). The first-order valence-corrected chi connectivity index (χ1v) is 9.45. The van der Waals surface area contributed by atoms with E-state index in [1.807, 2.05) is 0 Å². The Balaban J connectivity index is 1.71. The van der Waals surface area contributed by atoms with Crippen LogP contribution >= 0.6 is 0 Å². The van der Waals surface area contributed by atoms with Crippen LogP contribution < -0.4 is 15.4 Å². The summed E-state index contributed by atoms with van der Waals surface area (Å²) in [7, 11) is 1.46. The highest BCUT2D eigenvalue weighted by Crippen LogP contribution is 2.45. The lowest BCUT2D eigenvalue weighted by Crippen LogP contribution is -2.41. The molecule has 1 aromatic rings. The molecule has 28 heavy (non-hydrogen) atoms. The molecule has 1 aliphatic carbocycles. The molecule has 4 amide bonds. The Morgan fingerprint density at radius 1 is 1.14 bits per heavy atom. The van der Waals surface area contributed by atoms with Crippen LogP contribution in [0, 0.1) is 5.41 Å². The van der Waals surface area contributed by atoms with Crippen molar-refractivity contribution in [1.82, 2.24) is 4.90 Å². The van der Waals surface area contributed by atoms with Gasteiger partial charge in [0.15, 0.2) is 0 Å². The van der Waals surface area contributed by atoms with Crippen LogP contribution in [-0.2, 0) is 19.2 Å². The average molecular weight is 387 g/mol. The monoisotopic (exact) mass is 387 g/mol. The summed E-state index contributed by atoms with van der Waals surface area (Å²) in [6, 6.07) is 4.83. The summed E-state index contributed by atoms with van der Waals surface area (Å²) >= 11 is 0. The largest absolute Gasteiger partial charge is 0.495 e. The van der Waals surface area contributed by atoms with Gasteiger partial charge in [0.25, 0.3) is 0 Å². The minimum atomic E-state index is -0.612. The van der Waals surface area contributed by atoms with Gasteiger partial charge in [-0.05, 0) is 31.0 Å². The predicted molar refractivity (Wildman–Crippen MR) is 103 cm³/mol. The molecule has 1 saturated carbocycles. The molecule has 2 N–H and O–H groups in total. The van der Waals surface area contributed by atoms with E-state index in [1.165, 1.54) is 14.0 Å². The number of hydrogen-bond acceptors (Lipinski definition) is 5. The van der Waals surface area contributed by atoms with Crippen LogP contribution in [0.1, 0.15) is 45.4 Å². The molecule has 8 nitrogen and oxygen atoms in total. The normalized spacial score (nSPS) is 18.3. The van der Waals surface area contributed by atoms with Crippen molar-refractivity contribution in [3.05, 3.63) is 18.2 Å². The maximum absolute atomic E-state index is 12.8. The topological polar surface area (TPSA) is 105 Å². The molecule has 1 heterocycles. The molecule has 150 valence electrons. The SMILES string of the molecule is COc1ccc(NC(C)=O)cc1NC(=O)CN1C(=O)CC2(CCCCC2)C1=O. The van der Waals surface area contributed by atoms with Gasteiger partial charge in [0, 0.05) is 19.0 Å². The van der Waals surface area contributed by atoms with Crippen molar-refractivity contribution in [3.63, 3.8) is 0 Å². The average Bonchev–Trinajstić information content (AvgIpc) is 2.86. The van der Waals surface area contributed by atoms with Crippen LogP contribution in [-0.4, -0.2) is 42.2 Å². The fourth-order valence-corrected chi connectivity index (χ4v) is 4.06. The Hall–Kier alpha value is -2.90. The second-order valence-corrected chi connectivity index (χ2v) is 7.45. The number of nitrogens with zero attached hydrogens (tertiary/aromatic N) is 1. The quantitative estimate of drug-likeness (QED) is 0.755. The van der Waals surface area contributed by atoms with E-state index in [9.17, 15) is 19.2 Å². The lowest BCUT2D eigenvalue weighted by molar-refractivity contribution is -0.144. The van der Waals surface area contributed by atoms with Gasteiger partial charge in [0.1, 0.15) is 12.3 Å². The molecular weight excluding hydrogens is 362 g/mol. The number of likely N-dealkylation sites (tertiary alicyclic amines) is 1. The van der Waals surface area contributed by atoms with Crippen LogP contribution in [0.15, 0.2) is 18.2 Å². The van der Waals surface area contributed by atoms with Crippen molar-refractivity contribution in [2.75, 3.05) is 24.3 Å². The zero-order valence-corrected chi connectivity index (χ0v) is 16.2. The van der Waals surface area contributed by atoms with Gasteiger partial charge >= 0.3 is 0 Å². The first kappa shape index (κ1) is 19.9. The molecule has 1 aliphatic heterocycles. The minimum absolute atomic E-state index is 0.195. The second kappa shape index (κ2) is 8.00. The van der Waals surface area contributed by atoms with E-state index in [0.29, 0.717) is 30.0 Å². The Labute approximate surface area is 163 Å². The van der Waals surface area contributed by atoms with E-state index in [0.717, 1.165) is 24.2 Å². The van der Waals surface area contributed by atoms with Crippen LogP contribution in [0.25, 0.3) is 0 Å². The van der Waals surface area contributed by atoms with Crippen molar-refractivity contribution in [3.8, 4) is 5.75 Å². The number of benzene rings is 1. The van der Waals surface area contributed by atoms with Crippen molar-refractivity contribution in [1.29, 1.82) is 0 Å². The van der Waals surface area contributed by atoms with E-state index in [4.69, 9.17) is 4.74 Å². The van der Waals surface area contributed by atoms with Gasteiger partial charge < -0.3 is 15.4 Å². The number of methoxy groups -OCH3 is 1. The lowest BCUT2D eigenvalue weighted by Gasteiger charge is -2.30. The summed E-state index contributed by atoms with van der Waals surface area (Å²) in [5.41, 5.74) is 0.238. The summed E-state index contributed by atoms with van der Waals surface area (Å²) in [5, 5.41) is 5.30. The van der Waals surface area contributed by atoms with E-state index < -0.39 is 11.3 Å². The Morgan fingerprint density at radius 2 is 1.86 bits per heavy atom. The summed E-state index contributed by atoms with van der Waals surface area (Å²) in [4.78, 5) is 50.1. The number of imide groups is 1. The molecule has 0 unspecified atom stereocenters. The summed E-state index contributed by atoms with van der Waals surface area (Å²) in [6.07, 6.45) is 4.57. The van der Waals surface area contributed by atoms with Gasteiger partial charge in [0.05, 0.1) is 18.2 Å². The summed E-state index contributed by atoms with van der Waals surface area (Å²) in [6.45, 7) is 1.06. The smallest absolute Gasteiger partial charge is 0.244 e. The number of nitrogens with one attached hydrogen (secondary N) is 2. The number of anilines is 2. The third kappa shape index (κ3) is 4.00. The fraction of sp³-hybridized carbons (Fsp3) is 0.500. The highest BCUT2D eigenvalue weighted by atomic mass is 16.5. The number of carbonyl (C=O) groups is 4. The molecule has 2 fully saturated rings. The molecule has 3 rings (SSSR count).